The fourth-order valence-corrected chi connectivity index (χ4v) is 1.67. The Hall–Kier alpha value is -1.55. The van der Waals surface area contributed by atoms with Gasteiger partial charge in [-0.15, -0.1) is 0 Å². The van der Waals surface area contributed by atoms with Gasteiger partial charge in [-0.3, -0.25) is 4.79 Å². The van der Waals surface area contributed by atoms with Crippen LogP contribution in [0.3, 0.4) is 0 Å². The van der Waals surface area contributed by atoms with Crippen molar-refractivity contribution in [2.24, 2.45) is 0 Å². The van der Waals surface area contributed by atoms with Crippen LogP contribution in [-0.2, 0) is 11.3 Å². The monoisotopic (exact) mass is 264 g/mol. The molecule has 0 saturated carbocycles. The summed E-state index contributed by atoms with van der Waals surface area (Å²) in [7, 11) is 0. The highest BCUT2D eigenvalue weighted by atomic mass is 16.5. The molecular formula is C15H24N2O2. The summed E-state index contributed by atoms with van der Waals surface area (Å²) in [6.07, 6.45) is -0.495. The molecule has 0 heterocycles. The fraction of sp³-hybridized carbons (Fsp3) is 0.533. The van der Waals surface area contributed by atoms with Gasteiger partial charge in [-0.25, -0.2) is 0 Å². The van der Waals surface area contributed by atoms with Gasteiger partial charge in [0.1, 0.15) is 5.75 Å². The molecular weight excluding hydrogens is 240 g/mol. The molecule has 2 N–H and O–H groups in total. The van der Waals surface area contributed by atoms with Gasteiger partial charge in [0.05, 0.1) is 0 Å². The molecule has 1 aromatic carbocycles. The summed E-state index contributed by atoms with van der Waals surface area (Å²) < 4.78 is 5.75. The van der Waals surface area contributed by atoms with Crippen LogP contribution >= 0.6 is 0 Å². The third-order valence-corrected chi connectivity index (χ3v) is 2.64. The van der Waals surface area contributed by atoms with Gasteiger partial charge in [-0.05, 0) is 33.4 Å². The number of carbonyl (C=O) groups is 1. The predicted octanol–water partition coefficient (Wildman–Crippen LogP) is 2.09. The van der Waals surface area contributed by atoms with Crippen molar-refractivity contribution in [3.63, 3.8) is 0 Å². The van der Waals surface area contributed by atoms with E-state index in [4.69, 9.17) is 4.74 Å². The molecule has 0 aliphatic rings. The van der Waals surface area contributed by atoms with Crippen LogP contribution in [0.5, 0.6) is 5.75 Å². The minimum atomic E-state index is -0.495. The summed E-state index contributed by atoms with van der Waals surface area (Å²) in [5, 5.41) is 6.10. The molecule has 4 heteroatoms. The molecule has 106 valence electrons. The standard InChI is InChI=1S/C15H24N2O2/c1-5-16-10-13-8-6-7-9-14(13)19-12(4)15(18)17-11(2)3/h6-9,11-12,16H,5,10H2,1-4H3,(H,17,18). The Morgan fingerprint density at radius 1 is 1.26 bits per heavy atom. The highest BCUT2D eigenvalue weighted by Crippen LogP contribution is 2.19. The highest BCUT2D eigenvalue weighted by Gasteiger charge is 2.16. The minimum Gasteiger partial charge on any atom is -0.481 e. The zero-order valence-corrected chi connectivity index (χ0v) is 12.2. The molecule has 0 bridgehead atoms. The second-order valence-electron chi connectivity index (χ2n) is 4.81. The quantitative estimate of drug-likeness (QED) is 0.793. The molecule has 1 rings (SSSR count). The molecule has 0 aromatic heterocycles. The van der Waals surface area contributed by atoms with Crippen LogP contribution in [0, 0.1) is 0 Å². The first-order valence-electron chi connectivity index (χ1n) is 6.80. The topological polar surface area (TPSA) is 50.4 Å². The number of ether oxygens (including phenoxy) is 1. The van der Waals surface area contributed by atoms with Gasteiger partial charge in [-0.2, -0.15) is 0 Å². The summed E-state index contributed by atoms with van der Waals surface area (Å²) in [6, 6.07) is 7.91. The lowest BCUT2D eigenvalue weighted by Crippen LogP contribution is -2.40. The van der Waals surface area contributed by atoms with E-state index in [1.165, 1.54) is 0 Å². The molecule has 0 spiro atoms. The van der Waals surface area contributed by atoms with Crippen molar-refractivity contribution >= 4 is 5.91 Å². The van der Waals surface area contributed by atoms with Gasteiger partial charge >= 0.3 is 0 Å². The normalized spacial score (nSPS) is 12.3. The molecule has 0 saturated heterocycles. The molecule has 1 amide bonds. The Bertz CT molecular complexity index is 405. The smallest absolute Gasteiger partial charge is 0.260 e. The lowest BCUT2D eigenvalue weighted by atomic mass is 10.2. The molecule has 1 atom stereocenters. The van der Waals surface area contributed by atoms with E-state index >= 15 is 0 Å². The first-order chi connectivity index (χ1) is 9.04. The summed E-state index contributed by atoms with van der Waals surface area (Å²) in [4.78, 5) is 11.8. The lowest BCUT2D eigenvalue weighted by molar-refractivity contribution is -0.127. The van der Waals surface area contributed by atoms with Gasteiger partial charge in [-0.1, -0.05) is 25.1 Å². The first kappa shape index (κ1) is 15.5. The van der Waals surface area contributed by atoms with E-state index in [0.717, 1.165) is 24.4 Å². The van der Waals surface area contributed by atoms with Gasteiger partial charge in [0.2, 0.25) is 0 Å². The van der Waals surface area contributed by atoms with E-state index in [9.17, 15) is 4.79 Å². The van der Waals surface area contributed by atoms with E-state index in [0.29, 0.717) is 0 Å². The number of amides is 1. The zero-order chi connectivity index (χ0) is 14.3. The predicted molar refractivity (Wildman–Crippen MR) is 77.2 cm³/mol. The number of benzene rings is 1. The summed E-state index contributed by atoms with van der Waals surface area (Å²) in [5.74, 6) is 0.670. The van der Waals surface area contributed by atoms with Crippen LogP contribution in [0.15, 0.2) is 24.3 Å². The second-order valence-corrected chi connectivity index (χ2v) is 4.81. The van der Waals surface area contributed by atoms with Crippen LogP contribution in [0.1, 0.15) is 33.3 Å². The number of carbonyl (C=O) groups excluding carboxylic acids is 1. The average molecular weight is 264 g/mol. The third-order valence-electron chi connectivity index (χ3n) is 2.64. The van der Waals surface area contributed by atoms with Crippen LogP contribution in [0.4, 0.5) is 0 Å². The Morgan fingerprint density at radius 2 is 1.95 bits per heavy atom. The molecule has 0 aliphatic carbocycles. The average Bonchev–Trinajstić information content (AvgIpc) is 2.36. The summed E-state index contributed by atoms with van der Waals surface area (Å²) >= 11 is 0. The lowest BCUT2D eigenvalue weighted by Gasteiger charge is -2.18. The van der Waals surface area contributed by atoms with Crippen LogP contribution in [0.2, 0.25) is 0 Å². The number of hydrogen-bond acceptors (Lipinski definition) is 3. The molecule has 19 heavy (non-hydrogen) atoms. The van der Waals surface area contributed by atoms with Crippen molar-refractivity contribution in [2.45, 2.75) is 46.4 Å². The Balaban J connectivity index is 2.67. The van der Waals surface area contributed by atoms with Crippen molar-refractivity contribution in [1.29, 1.82) is 0 Å². The number of nitrogens with one attached hydrogen (secondary N) is 2. The molecule has 4 nitrogen and oxygen atoms in total. The van der Waals surface area contributed by atoms with Crippen LogP contribution < -0.4 is 15.4 Å². The maximum absolute atomic E-state index is 11.8. The largest absolute Gasteiger partial charge is 0.481 e. The molecule has 1 aromatic rings. The maximum Gasteiger partial charge on any atom is 0.260 e. The van der Waals surface area contributed by atoms with E-state index in [1.807, 2.05) is 38.1 Å². The van der Waals surface area contributed by atoms with Crippen molar-refractivity contribution < 1.29 is 9.53 Å². The molecule has 0 fully saturated rings. The van der Waals surface area contributed by atoms with Crippen molar-refractivity contribution in [3.8, 4) is 5.75 Å². The number of hydrogen-bond donors (Lipinski definition) is 2. The number of rotatable bonds is 7. The number of para-hydroxylation sites is 1. The Kier molecular flexibility index (Phi) is 6.36. The molecule has 1 unspecified atom stereocenters. The van der Waals surface area contributed by atoms with Gasteiger partial charge in [0.15, 0.2) is 6.10 Å². The zero-order valence-electron chi connectivity index (χ0n) is 12.2. The van der Waals surface area contributed by atoms with Crippen molar-refractivity contribution in [3.05, 3.63) is 29.8 Å². The van der Waals surface area contributed by atoms with Gasteiger partial charge in [0.25, 0.3) is 5.91 Å². The van der Waals surface area contributed by atoms with E-state index < -0.39 is 6.10 Å². The SMILES string of the molecule is CCNCc1ccccc1OC(C)C(=O)NC(C)C. The maximum atomic E-state index is 11.8. The van der Waals surface area contributed by atoms with Crippen LogP contribution in [0.25, 0.3) is 0 Å². The minimum absolute atomic E-state index is 0.0896. The van der Waals surface area contributed by atoms with E-state index in [-0.39, 0.29) is 11.9 Å². The van der Waals surface area contributed by atoms with E-state index in [2.05, 4.69) is 17.6 Å². The summed E-state index contributed by atoms with van der Waals surface area (Å²) in [5.41, 5.74) is 1.06. The third kappa shape index (κ3) is 5.30. The summed E-state index contributed by atoms with van der Waals surface area (Å²) in [6.45, 7) is 9.33. The van der Waals surface area contributed by atoms with Crippen molar-refractivity contribution in [2.75, 3.05) is 6.54 Å². The fourth-order valence-electron chi connectivity index (χ4n) is 1.67. The second kappa shape index (κ2) is 7.79. The van der Waals surface area contributed by atoms with Crippen molar-refractivity contribution in [1.82, 2.24) is 10.6 Å². The van der Waals surface area contributed by atoms with E-state index in [1.54, 1.807) is 6.92 Å². The molecule has 0 aliphatic heterocycles. The van der Waals surface area contributed by atoms with Crippen LogP contribution in [-0.4, -0.2) is 24.6 Å². The van der Waals surface area contributed by atoms with Gasteiger partial charge in [0, 0.05) is 18.2 Å². The Labute approximate surface area is 115 Å². The molecule has 0 radical (unpaired) electrons. The van der Waals surface area contributed by atoms with Gasteiger partial charge < -0.3 is 15.4 Å². The first-order valence-corrected chi connectivity index (χ1v) is 6.80. The highest BCUT2D eigenvalue weighted by molar-refractivity contribution is 5.80. The Morgan fingerprint density at radius 3 is 2.58 bits per heavy atom.